The maximum absolute atomic E-state index is 12.6. The van der Waals surface area contributed by atoms with Crippen LogP contribution in [0.15, 0.2) is 0 Å². The second kappa shape index (κ2) is 4.88. The van der Waals surface area contributed by atoms with Crippen LogP contribution in [0.2, 0.25) is 0 Å². The molecule has 7 heteroatoms. The van der Waals surface area contributed by atoms with Crippen LogP contribution in [0, 0.1) is 5.41 Å². The predicted molar refractivity (Wildman–Crippen MR) is 69.4 cm³/mol. The van der Waals surface area contributed by atoms with Crippen LogP contribution in [0.1, 0.15) is 33.1 Å². The molecular weight excluding hydrogens is 262 g/mol. The van der Waals surface area contributed by atoms with Crippen molar-refractivity contribution in [2.24, 2.45) is 5.41 Å². The lowest BCUT2D eigenvalue weighted by atomic mass is 9.78. The van der Waals surface area contributed by atoms with Gasteiger partial charge in [0.2, 0.25) is 17.7 Å². The Morgan fingerprint density at radius 1 is 1.20 bits per heavy atom. The average molecular weight is 281 g/mol. The van der Waals surface area contributed by atoms with Crippen molar-refractivity contribution >= 4 is 23.8 Å². The lowest BCUT2D eigenvalue weighted by molar-refractivity contribution is -0.156. The summed E-state index contributed by atoms with van der Waals surface area (Å²) >= 11 is 0. The molecule has 7 nitrogen and oxygen atoms in total. The minimum atomic E-state index is -1.24. The van der Waals surface area contributed by atoms with Crippen LogP contribution in [-0.2, 0) is 14.4 Å². The summed E-state index contributed by atoms with van der Waals surface area (Å²) in [5.74, 6) is -1.37. The van der Waals surface area contributed by atoms with Gasteiger partial charge in [0.05, 0.1) is 0 Å². The highest BCUT2D eigenvalue weighted by molar-refractivity contribution is 6.20. The third kappa shape index (κ3) is 1.80. The summed E-state index contributed by atoms with van der Waals surface area (Å²) in [5.41, 5.74) is -1.24. The van der Waals surface area contributed by atoms with E-state index in [1.54, 1.807) is 20.9 Å². The number of urea groups is 1. The third-order valence-corrected chi connectivity index (χ3v) is 4.42. The van der Waals surface area contributed by atoms with E-state index in [0.29, 0.717) is 25.8 Å². The first-order valence-corrected chi connectivity index (χ1v) is 6.83. The highest BCUT2D eigenvalue weighted by atomic mass is 16.2. The van der Waals surface area contributed by atoms with E-state index in [-0.39, 0.29) is 5.91 Å². The smallest absolute Gasteiger partial charge is 0.331 e. The largest absolute Gasteiger partial charge is 0.344 e. The monoisotopic (exact) mass is 281 g/mol. The van der Waals surface area contributed by atoms with Gasteiger partial charge in [-0.25, -0.2) is 4.79 Å². The molecule has 1 atom stereocenters. The molecule has 5 amide bonds. The standard InChI is InChI=1S/C13H19N3O4/c1-4-13(5-2)10(18)14-12(20)16(11(13)19)8-6-7-15(3)9(8)17/h8H,4-7H2,1-3H3,(H,14,18,20). The second-order valence-corrected chi connectivity index (χ2v) is 5.29. The molecule has 2 fully saturated rings. The number of carbonyl (C=O) groups is 4. The summed E-state index contributed by atoms with van der Waals surface area (Å²) in [7, 11) is 1.63. The van der Waals surface area contributed by atoms with E-state index < -0.39 is 29.3 Å². The fourth-order valence-corrected chi connectivity index (χ4v) is 2.90. The third-order valence-electron chi connectivity index (χ3n) is 4.42. The Kier molecular flexibility index (Phi) is 3.54. The number of amides is 5. The number of carbonyl (C=O) groups excluding carboxylic acids is 4. The molecule has 0 saturated carbocycles. The van der Waals surface area contributed by atoms with E-state index in [0.717, 1.165) is 4.90 Å². The first-order chi connectivity index (χ1) is 9.39. The van der Waals surface area contributed by atoms with Crippen LogP contribution in [0.25, 0.3) is 0 Å². The lowest BCUT2D eigenvalue weighted by Gasteiger charge is -2.40. The number of imide groups is 2. The van der Waals surface area contributed by atoms with E-state index in [4.69, 9.17) is 0 Å². The Bertz CT molecular complexity index is 484. The average Bonchev–Trinajstić information content (AvgIpc) is 2.72. The van der Waals surface area contributed by atoms with Crippen molar-refractivity contribution in [3.63, 3.8) is 0 Å². The molecule has 20 heavy (non-hydrogen) atoms. The zero-order valence-corrected chi connectivity index (χ0v) is 11.9. The SMILES string of the molecule is CCC1(CC)C(=O)NC(=O)N(C2CCN(C)C2=O)C1=O. The van der Waals surface area contributed by atoms with E-state index in [2.05, 4.69) is 5.32 Å². The molecular formula is C13H19N3O4. The van der Waals surface area contributed by atoms with Crippen LogP contribution >= 0.6 is 0 Å². The fraction of sp³-hybridized carbons (Fsp3) is 0.692. The van der Waals surface area contributed by atoms with Crippen molar-refractivity contribution in [2.75, 3.05) is 13.6 Å². The molecule has 2 aliphatic heterocycles. The maximum atomic E-state index is 12.6. The van der Waals surface area contributed by atoms with Gasteiger partial charge in [-0.3, -0.25) is 24.6 Å². The van der Waals surface area contributed by atoms with Crippen LogP contribution in [0.3, 0.4) is 0 Å². The van der Waals surface area contributed by atoms with E-state index in [1.165, 1.54) is 4.90 Å². The zero-order valence-electron chi connectivity index (χ0n) is 11.9. The Labute approximate surface area is 117 Å². The zero-order chi connectivity index (χ0) is 15.1. The number of nitrogens with one attached hydrogen (secondary N) is 1. The van der Waals surface area contributed by atoms with Crippen molar-refractivity contribution in [1.82, 2.24) is 15.1 Å². The van der Waals surface area contributed by atoms with Gasteiger partial charge in [0, 0.05) is 13.6 Å². The Morgan fingerprint density at radius 3 is 2.25 bits per heavy atom. The number of nitrogens with zero attached hydrogens (tertiary/aromatic N) is 2. The quantitative estimate of drug-likeness (QED) is 0.743. The predicted octanol–water partition coefficient (Wildman–Crippen LogP) is 0.102. The molecule has 2 saturated heterocycles. The number of likely N-dealkylation sites (N-methyl/N-ethyl adjacent to an activating group) is 1. The summed E-state index contributed by atoms with van der Waals surface area (Å²) in [4.78, 5) is 51.1. The van der Waals surface area contributed by atoms with Gasteiger partial charge in [-0.2, -0.15) is 0 Å². The molecule has 2 rings (SSSR count). The second-order valence-electron chi connectivity index (χ2n) is 5.29. The van der Waals surface area contributed by atoms with Crippen molar-refractivity contribution in [2.45, 2.75) is 39.2 Å². The number of rotatable bonds is 3. The number of likely N-dealkylation sites (tertiary alicyclic amines) is 1. The Balaban J connectivity index is 2.38. The van der Waals surface area contributed by atoms with Gasteiger partial charge in [0.15, 0.2) is 0 Å². The van der Waals surface area contributed by atoms with E-state index in [9.17, 15) is 19.2 Å². The lowest BCUT2D eigenvalue weighted by Crippen LogP contribution is -2.66. The molecule has 0 aromatic carbocycles. The molecule has 0 bridgehead atoms. The molecule has 2 heterocycles. The Morgan fingerprint density at radius 2 is 1.80 bits per heavy atom. The molecule has 1 unspecified atom stereocenters. The highest BCUT2D eigenvalue weighted by Crippen LogP contribution is 2.34. The number of barbiturate groups is 1. The van der Waals surface area contributed by atoms with E-state index >= 15 is 0 Å². The van der Waals surface area contributed by atoms with Crippen molar-refractivity contribution in [3.05, 3.63) is 0 Å². The van der Waals surface area contributed by atoms with Crippen molar-refractivity contribution in [3.8, 4) is 0 Å². The first-order valence-electron chi connectivity index (χ1n) is 6.83. The molecule has 0 aromatic rings. The molecule has 0 aromatic heterocycles. The van der Waals surface area contributed by atoms with Gasteiger partial charge >= 0.3 is 6.03 Å². The molecule has 0 spiro atoms. The van der Waals surface area contributed by atoms with Gasteiger partial charge in [-0.15, -0.1) is 0 Å². The Hall–Kier alpha value is -1.92. The van der Waals surface area contributed by atoms with Crippen LogP contribution in [-0.4, -0.2) is 53.2 Å². The van der Waals surface area contributed by atoms with Crippen molar-refractivity contribution < 1.29 is 19.2 Å². The van der Waals surface area contributed by atoms with E-state index in [1.807, 2.05) is 0 Å². The fourth-order valence-electron chi connectivity index (χ4n) is 2.90. The van der Waals surface area contributed by atoms with Crippen LogP contribution in [0.5, 0.6) is 0 Å². The van der Waals surface area contributed by atoms with Gasteiger partial charge < -0.3 is 4.90 Å². The first kappa shape index (κ1) is 14.5. The van der Waals surface area contributed by atoms with Gasteiger partial charge in [-0.05, 0) is 19.3 Å². The highest BCUT2D eigenvalue weighted by Gasteiger charge is 2.55. The van der Waals surface area contributed by atoms with Gasteiger partial charge in [0.1, 0.15) is 11.5 Å². The minimum absolute atomic E-state index is 0.260. The summed E-state index contributed by atoms with van der Waals surface area (Å²) in [6.45, 7) is 3.97. The summed E-state index contributed by atoms with van der Waals surface area (Å²) in [5, 5.41) is 2.22. The molecule has 1 N–H and O–H groups in total. The van der Waals surface area contributed by atoms with Gasteiger partial charge in [0.25, 0.3) is 0 Å². The van der Waals surface area contributed by atoms with Crippen LogP contribution < -0.4 is 5.32 Å². The van der Waals surface area contributed by atoms with Crippen LogP contribution in [0.4, 0.5) is 4.79 Å². The number of hydrogen-bond donors (Lipinski definition) is 1. The summed E-state index contributed by atoms with van der Waals surface area (Å²) in [6.07, 6.45) is 1.01. The maximum Gasteiger partial charge on any atom is 0.331 e. The topological polar surface area (TPSA) is 86.8 Å². The summed E-state index contributed by atoms with van der Waals surface area (Å²) in [6, 6.07) is -1.58. The number of hydrogen-bond acceptors (Lipinski definition) is 4. The normalized spacial score (nSPS) is 26.2. The molecule has 0 radical (unpaired) electrons. The van der Waals surface area contributed by atoms with Crippen molar-refractivity contribution in [1.29, 1.82) is 0 Å². The van der Waals surface area contributed by atoms with Gasteiger partial charge in [-0.1, -0.05) is 13.8 Å². The summed E-state index contributed by atoms with van der Waals surface area (Å²) < 4.78 is 0. The molecule has 0 aliphatic carbocycles. The molecule has 2 aliphatic rings. The molecule has 110 valence electrons. The minimum Gasteiger partial charge on any atom is -0.344 e.